The molecule has 0 aliphatic carbocycles. The molecular weight excluding hydrogens is 218 g/mol. The van der Waals surface area contributed by atoms with Crippen molar-refractivity contribution in [1.82, 2.24) is 10.2 Å². The average molecular weight is 243 g/mol. The third kappa shape index (κ3) is 4.73. The first-order valence-electron chi connectivity index (χ1n) is 6.11. The van der Waals surface area contributed by atoms with Crippen LogP contribution in [0.4, 0.5) is 0 Å². The van der Waals surface area contributed by atoms with Crippen LogP contribution in [-0.4, -0.2) is 41.9 Å². The molecule has 0 radical (unpaired) electrons. The topological polar surface area (TPSA) is 75.4 Å². The SMILES string of the molecule is CCCC(C)(N)C(=O)NC(C)C(=O)N(C)CC. The van der Waals surface area contributed by atoms with E-state index in [0.29, 0.717) is 13.0 Å². The maximum atomic E-state index is 11.9. The Labute approximate surface area is 104 Å². The maximum absolute atomic E-state index is 11.9. The van der Waals surface area contributed by atoms with E-state index in [9.17, 15) is 9.59 Å². The highest BCUT2D eigenvalue weighted by molar-refractivity contribution is 5.91. The summed E-state index contributed by atoms with van der Waals surface area (Å²) in [6.07, 6.45) is 1.43. The van der Waals surface area contributed by atoms with Gasteiger partial charge in [-0.05, 0) is 27.2 Å². The molecule has 0 aliphatic heterocycles. The molecule has 0 heterocycles. The summed E-state index contributed by atoms with van der Waals surface area (Å²) in [7, 11) is 1.71. The van der Waals surface area contributed by atoms with Gasteiger partial charge in [0.1, 0.15) is 6.04 Å². The maximum Gasteiger partial charge on any atom is 0.244 e. The van der Waals surface area contributed by atoms with Crippen LogP contribution in [0.25, 0.3) is 0 Å². The Morgan fingerprint density at radius 1 is 1.41 bits per heavy atom. The van der Waals surface area contributed by atoms with E-state index in [-0.39, 0.29) is 11.8 Å². The van der Waals surface area contributed by atoms with Gasteiger partial charge in [-0.1, -0.05) is 13.3 Å². The second-order valence-electron chi connectivity index (χ2n) is 4.72. The lowest BCUT2D eigenvalue weighted by Crippen LogP contribution is -2.56. The van der Waals surface area contributed by atoms with Crippen molar-refractivity contribution in [3.63, 3.8) is 0 Å². The molecule has 2 amide bonds. The number of nitrogens with zero attached hydrogens (tertiary/aromatic N) is 1. The normalized spacial score (nSPS) is 15.9. The predicted molar refractivity (Wildman–Crippen MR) is 68.4 cm³/mol. The van der Waals surface area contributed by atoms with Crippen LogP contribution in [0.5, 0.6) is 0 Å². The largest absolute Gasteiger partial charge is 0.344 e. The number of likely N-dealkylation sites (N-methyl/N-ethyl adjacent to an activating group) is 1. The number of hydrogen-bond acceptors (Lipinski definition) is 3. The van der Waals surface area contributed by atoms with E-state index in [1.165, 1.54) is 0 Å². The zero-order chi connectivity index (χ0) is 13.6. The van der Waals surface area contributed by atoms with Gasteiger partial charge in [0.15, 0.2) is 0 Å². The molecule has 0 aromatic rings. The van der Waals surface area contributed by atoms with E-state index in [0.717, 1.165) is 6.42 Å². The predicted octanol–water partition coefficient (Wildman–Crippen LogP) is 0.487. The van der Waals surface area contributed by atoms with Crippen LogP contribution in [0.3, 0.4) is 0 Å². The van der Waals surface area contributed by atoms with Gasteiger partial charge in [0.2, 0.25) is 11.8 Å². The van der Waals surface area contributed by atoms with Crippen molar-refractivity contribution in [3.8, 4) is 0 Å². The first kappa shape index (κ1) is 15.9. The summed E-state index contributed by atoms with van der Waals surface area (Å²) in [5.74, 6) is -0.377. The number of rotatable bonds is 6. The fraction of sp³-hybridized carbons (Fsp3) is 0.833. The van der Waals surface area contributed by atoms with Gasteiger partial charge < -0.3 is 16.0 Å². The van der Waals surface area contributed by atoms with Crippen molar-refractivity contribution in [2.24, 2.45) is 5.73 Å². The molecule has 5 heteroatoms. The summed E-state index contributed by atoms with van der Waals surface area (Å²) >= 11 is 0. The molecule has 0 fully saturated rings. The number of carbonyl (C=O) groups excluding carboxylic acids is 2. The van der Waals surface area contributed by atoms with Crippen LogP contribution >= 0.6 is 0 Å². The average Bonchev–Trinajstić information content (AvgIpc) is 2.26. The highest BCUT2D eigenvalue weighted by Crippen LogP contribution is 2.09. The van der Waals surface area contributed by atoms with E-state index < -0.39 is 11.6 Å². The minimum absolute atomic E-state index is 0.104. The van der Waals surface area contributed by atoms with Gasteiger partial charge in [0.05, 0.1) is 5.54 Å². The summed E-state index contributed by atoms with van der Waals surface area (Å²) in [6.45, 7) is 7.84. The number of nitrogens with one attached hydrogen (secondary N) is 1. The molecule has 3 N–H and O–H groups in total. The van der Waals surface area contributed by atoms with E-state index >= 15 is 0 Å². The van der Waals surface area contributed by atoms with Crippen LogP contribution in [0, 0.1) is 0 Å². The van der Waals surface area contributed by atoms with Crippen molar-refractivity contribution in [2.75, 3.05) is 13.6 Å². The highest BCUT2D eigenvalue weighted by atomic mass is 16.2. The quantitative estimate of drug-likeness (QED) is 0.713. The Morgan fingerprint density at radius 3 is 2.35 bits per heavy atom. The van der Waals surface area contributed by atoms with Crippen molar-refractivity contribution in [3.05, 3.63) is 0 Å². The molecule has 0 aromatic carbocycles. The lowest BCUT2D eigenvalue weighted by atomic mass is 9.96. The van der Waals surface area contributed by atoms with Gasteiger partial charge in [0.25, 0.3) is 0 Å². The van der Waals surface area contributed by atoms with Gasteiger partial charge in [-0.15, -0.1) is 0 Å². The van der Waals surface area contributed by atoms with Crippen LogP contribution in [0.2, 0.25) is 0 Å². The lowest BCUT2D eigenvalue weighted by molar-refractivity contribution is -0.136. The van der Waals surface area contributed by atoms with Crippen LogP contribution < -0.4 is 11.1 Å². The van der Waals surface area contributed by atoms with Gasteiger partial charge >= 0.3 is 0 Å². The second-order valence-corrected chi connectivity index (χ2v) is 4.72. The molecule has 5 nitrogen and oxygen atoms in total. The monoisotopic (exact) mass is 243 g/mol. The third-order valence-electron chi connectivity index (χ3n) is 2.86. The molecule has 0 rings (SSSR count). The third-order valence-corrected chi connectivity index (χ3v) is 2.86. The Kier molecular flexibility index (Phi) is 6.16. The van der Waals surface area contributed by atoms with Crippen molar-refractivity contribution in [2.45, 2.75) is 52.1 Å². The first-order chi connectivity index (χ1) is 7.76. The van der Waals surface area contributed by atoms with E-state index in [1.54, 1.807) is 25.8 Å². The van der Waals surface area contributed by atoms with Crippen molar-refractivity contribution < 1.29 is 9.59 Å². The fourth-order valence-electron chi connectivity index (χ4n) is 1.54. The summed E-state index contributed by atoms with van der Waals surface area (Å²) in [5.41, 5.74) is 4.98. The molecule has 0 spiro atoms. The van der Waals surface area contributed by atoms with Gasteiger partial charge in [0, 0.05) is 13.6 Å². The Balaban J connectivity index is 4.44. The lowest BCUT2D eigenvalue weighted by Gasteiger charge is -2.26. The van der Waals surface area contributed by atoms with Gasteiger partial charge in [-0.2, -0.15) is 0 Å². The van der Waals surface area contributed by atoms with Crippen LogP contribution in [-0.2, 0) is 9.59 Å². The zero-order valence-corrected chi connectivity index (χ0v) is 11.5. The van der Waals surface area contributed by atoms with Crippen molar-refractivity contribution >= 4 is 11.8 Å². The van der Waals surface area contributed by atoms with Gasteiger partial charge in [-0.25, -0.2) is 0 Å². The molecule has 0 aromatic heterocycles. The van der Waals surface area contributed by atoms with E-state index in [2.05, 4.69) is 5.32 Å². The number of nitrogens with two attached hydrogens (primary N) is 1. The molecule has 17 heavy (non-hydrogen) atoms. The molecule has 0 saturated carbocycles. The summed E-state index contributed by atoms with van der Waals surface area (Å²) in [4.78, 5) is 25.2. The second kappa shape index (κ2) is 6.59. The zero-order valence-electron chi connectivity index (χ0n) is 11.5. The smallest absolute Gasteiger partial charge is 0.244 e. The highest BCUT2D eigenvalue weighted by Gasteiger charge is 2.30. The number of amides is 2. The summed E-state index contributed by atoms with van der Waals surface area (Å²) in [5, 5.41) is 2.66. The molecule has 2 atom stereocenters. The molecule has 0 saturated heterocycles. The van der Waals surface area contributed by atoms with E-state index in [4.69, 9.17) is 5.73 Å². The molecule has 2 unspecified atom stereocenters. The summed E-state index contributed by atoms with van der Waals surface area (Å²) < 4.78 is 0. The fourth-order valence-corrected chi connectivity index (χ4v) is 1.54. The molecule has 100 valence electrons. The Hall–Kier alpha value is -1.10. The van der Waals surface area contributed by atoms with Crippen LogP contribution in [0.1, 0.15) is 40.5 Å². The summed E-state index contributed by atoms with van der Waals surface area (Å²) in [6, 6.07) is -0.535. The van der Waals surface area contributed by atoms with Gasteiger partial charge in [-0.3, -0.25) is 9.59 Å². The van der Waals surface area contributed by atoms with Crippen molar-refractivity contribution in [1.29, 1.82) is 0 Å². The molecular formula is C12H25N3O2. The Morgan fingerprint density at radius 2 is 1.94 bits per heavy atom. The minimum atomic E-state index is -0.909. The van der Waals surface area contributed by atoms with Crippen LogP contribution in [0.15, 0.2) is 0 Å². The standard InChI is InChI=1S/C12H25N3O2/c1-6-8-12(4,13)11(17)14-9(3)10(16)15(5)7-2/h9H,6-8,13H2,1-5H3,(H,14,17). The molecule has 0 bridgehead atoms. The Bertz CT molecular complexity index is 277. The number of carbonyl (C=O) groups is 2. The molecule has 0 aliphatic rings. The first-order valence-corrected chi connectivity index (χ1v) is 6.11. The van der Waals surface area contributed by atoms with E-state index in [1.807, 2.05) is 13.8 Å². The minimum Gasteiger partial charge on any atom is -0.344 e. The number of hydrogen-bond donors (Lipinski definition) is 2.